The van der Waals surface area contributed by atoms with Crippen molar-refractivity contribution in [3.8, 4) is 0 Å². The monoisotopic (exact) mass is 88.0 g/mol. The summed E-state index contributed by atoms with van der Waals surface area (Å²) in [5.74, 6) is 0. The smallest absolute Gasteiger partial charge is 0.118 e. The molecule has 0 heterocycles. The van der Waals surface area contributed by atoms with E-state index in [1.165, 1.54) is 6.92 Å². The summed E-state index contributed by atoms with van der Waals surface area (Å²) < 4.78 is 0. The van der Waals surface area contributed by atoms with Crippen LogP contribution in [0.25, 0.3) is 0 Å². The Morgan fingerprint density at radius 1 is 2.00 bits per heavy atom. The van der Waals surface area contributed by atoms with E-state index in [9.17, 15) is 0 Å². The van der Waals surface area contributed by atoms with Crippen LogP contribution in [0.2, 0.25) is 0 Å². The van der Waals surface area contributed by atoms with Crippen LogP contribution in [0.3, 0.4) is 0 Å². The van der Waals surface area contributed by atoms with Gasteiger partial charge in [0.05, 0.1) is 0 Å². The summed E-state index contributed by atoms with van der Waals surface area (Å²) in [7, 11) is 6.92. The first-order chi connectivity index (χ1) is 2.00. The lowest BCUT2D eigenvalue weighted by atomic mass is 10.0. The SMILES string of the molecule is [B]C(C)(O)P. The molecule has 2 atom stereocenters. The second-order valence-electron chi connectivity index (χ2n) is 1.23. The zero-order valence-corrected chi connectivity index (χ0v) is 4.26. The highest BCUT2D eigenvalue weighted by Gasteiger charge is 1.97. The van der Waals surface area contributed by atoms with Gasteiger partial charge in [0, 0.05) is 5.24 Å². The minimum Gasteiger partial charge on any atom is -0.396 e. The van der Waals surface area contributed by atoms with Crippen molar-refractivity contribution in [2.45, 2.75) is 12.2 Å². The van der Waals surface area contributed by atoms with Crippen LogP contribution >= 0.6 is 9.24 Å². The van der Waals surface area contributed by atoms with Gasteiger partial charge in [0.2, 0.25) is 0 Å². The first-order valence-electron chi connectivity index (χ1n) is 1.30. The van der Waals surface area contributed by atoms with E-state index in [0.29, 0.717) is 0 Å². The highest BCUT2D eigenvalue weighted by Crippen LogP contribution is 2.03. The van der Waals surface area contributed by atoms with Crippen LogP contribution in [-0.2, 0) is 0 Å². The highest BCUT2D eigenvalue weighted by molar-refractivity contribution is 7.21. The second-order valence-corrected chi connectivity index (χ2v) is 2.39. The maximum atomic E-state index is 8.26. The predicted molar refractivity (Wildman–Crippen MR) is 26.1 cm³/mol. The minimum absolute atomic E-state index is 1.08. The Balaban J connectivity index is 3.02. The van der Waals surface area contributed by atoms with E-state index in [1.807, 2.05) is 9.24 Å². The van der Waals surface area contributed by atoms with Crippen molar-refractivity contribution in [1.82, 2.24) is 0 Å². The number of aliphatic hydroxyl groups is 1. The minimum atomic E-state index is -1.08. The van der Waals surface area contributed by atoms with Gasteiger partial charge < -0.3 is 5.11 Å². The van der Waals surface area contributed by atoms with Crippen molar-refractivity contribution in [1.29, 1.82) is 0 Å². The Labute approximate surface area is 35.4 Å². The summed E-state index contributed by atoms with van der Waals surface area (Å²) in [4.78, 5) is 0. The van der Waals surface area contributed by atoms with Crippen molar-refractivity contribution in [2.24, 2.45) is 0 Å². The third-order valence-corrected chi connectivity index (χ3v) is 0. The molecule has 0 aliphatic rings. The number of hydrogen-bond acceptors (Lipinski definition) is 1. The fourth-order valence-corrected chi connectivity index (χ4v) is 0. The quantitative estimate of drug-likeness (QED) is 0.318. The molecule has 0 spiro atoms. The standard InChI is InChI=1S/C2H6BOP/c1-2(3,4)5/h4H,5H2,1H3. The van der Waals surface area contributed by atoms with Gasteiger partial charge in [-0.15, -0.1) is 9.24 Å². The summed E-state index contributed by atoms with van der Waals surface area (Å²) in [6.07, 6.45) is 0. The van der Waals surface area contributed by atoms with E-state index in [-0.39, 0.29) is 0 Å². The predicted octanol–water partition coefficient (Wildman–Crippen LogP) is -0.304. The number of hydrogen-bond donors (Lipinski definition) is 1. The molecule has 0 aromatic carbocycles. The fraction of sp³-hybridized carbons (Fsp3) is 1.00. The molecule has 0 aliphatic heterocycles. The first-order valence-corrected chi connectivity index (χ1v) is 1.88. The maximum absolute atomic E-state index is 8.26. The first kappa shape index (κ1) is 5.45. The third kappa shape index (κ3) is 130. The lowest BCUT2D eigenvalue weighted by Crippen LogP contribution is -2.11. The lowest BCUT2D eigenvalue weighted by molar-refractivity contribution is 0.242. The molecule has 0 bridgehead atoms. The van der Waals surface area contributed by atoms with E-state index in [2.05, 4.69) is 0 Å². The Kier molecular flexibility index (Phi) is 1.39. The molecule has 3 heteroatoms. The molecule has 1 N–H and O–H groups in total. The van der Waals surface area contributed by atoms with Gasteiger partial charge in [-0.2, -0.15) is 0 Å². The molecule has 5 heavy (non-hydrogen) atoms. The zero-order valence-electron chi connectivity index (χ0n) is 3.10. The molecule has 0 rings (SSSR count). The summed E-state index contributed by atoms with van der Waals surface area (Å²) >= 11 is 0. The lowest BCUT2D eigenvalue weighted by Gasteiger charge is -2.05. The summed E-state index contributed by atoms with van der Waals surface area (Å²) in [6, 6.07) is 0. The molecule has 0 aromatic rings. The van der Waals surface area contributed by atoms with E-state index >= 15 is 0 Å². The van der Waals surface area contributed by atoms with Gasteiger partial charge in [-0.1, -0.05) is 0 Å². The maximum Gasteiger partial charge on any atom is 0.118 e. The Hall–Kier alpha value is 0.455. The van der Waals surface area contributed by atoms with E-state index in [1.54, 1.807) is 0 Å². The summed E-state index contributed by atoms with van der Waals surface area (Å²) in [6.45, 7) is 1.48. The van der Waals surface area contributed by atoms with E-state index in [4.69, 9.17) is 13.0 Å². The van der Waals surface area contributed by atoms with E-state index < -0.39 is 5.24 Å². The van der Waals surface area contributed by atoms with Crippen molar-refractivity contribution >= 4 is 17.1 Å². The van der Waals surface area contributed by atoms with Gasteiger partial charge >= 0.3 is 0 Å². The molecular formula is C2H6BOP. The molecular weight excluding hydrogens is 81.8 g/mol. The van der Waals surface area contributed by atoms with Gasteiger partial charge in [-0.05, 0) is 6.92 Å². The van der Waals surface area contributed by atoms with Gasteiger partial charge in [0.15, 0.2) is 0 Å². The van der Waals surface area contributed by atoms with Crippen molar-refractivity contribution in [3.63, 3.8) is 0 Å². The van der Waals surface area contributed by atoms with Gasteiger partial charge in [0.1, 0.15) is 7.85 Å². The van der Waals surface area contributed by atoms with Crippen LogP contribution in [0, 0.1) is 0 Å². The summed E-state index contributed by atoms with van der Waals surface area (Å²) in [5.41, 5.74) is 0. The Morgan fingerprint density at radius 3 is 2.00 bits per heavy atom. The summed E-state index contributed by atoms with van der Waals surface area (Å²) in [5, 5.41) is 7.18. The average molecular weight is 87.9 g/mol. The van der Waals surface area contributed by atoms with Crippen LogP contribution < -0.4 is 0 Å². The molecule has 0 fully saturated rings. The highest BCUT2D eigenvalue weighted by atomic mass is 31.0. The van der Waals surface area contributed by atoms with Gasteiger partial charge in [-0.3, -0.25) is 0 Å². The van der Waals surface area contributed by atoms with Gasteiger partial charge in [-0.25, -0.2) is 0 Å². The van der Waals surface area contributed by atoms with Crippen LogP contribution in [0.5, 0.6) is 0 Å². The molecule has 0 aliphatic carbocycles. The fourth-order valence-electron chi connectivity index (χ4n) is 0. The zero-order chi connectivity index (χ0) is 4.50. The molecule has 0 aromatic heterocycles. The molecule has 1 nitrogen and oxygen atoms in total. The average Bonchev–Trinajstić information content (AvgIpc) is 0.722. The molecule has 0 amide bonds. The van der Waals surface area contributed by atoms with Crippen LogP contribution in [0.1, 0.15) is 6.92 Å². The normalized spacial score (nSPS) is 21.4. The van der Waals surface area contributed by atoms with Crippen molar-refractivity contribution in [3.05, 3.63) is 0 Å². The van der Waals surface area contributed by atoms with Crippen molar-refractivity contribution in [2.75, 3.05) is 0 Å². The molecule has 28 valence electrons. The van der Waals surface area contributed by atoms with Crippen molar-refractivity contribution < 1.29 is 5.11 Å². The van der Waals surface area contributed by atoms with Gasteiger partial charge in [0.25, 0.3) is 0 Å². The third-order valence-electron chi connectivity index (χ3n) is 0. The number of rotatable bonds is 0. The van der Waals surface area contributed by atoms with Crippen LogP contribution in [0.4, 0.5) is 0 Å². The molecule has 2 radical (unpaired) electrons. The molecule has 2 unspecified atom stereocenters. The Bertz CT molecular complexity index is 25.1. The van der Waals surface area contributed by atoms with E-state index in [0.717, 1.165) is 0 Å². The Morgan fingerprint density at radius 2 is 2.00 bits per heavy atom. The topological polar surface area (TPSA) is 20.2 Å². The largest absolute Gasteiger partial charge is 0.396 e. The molecule has 0 saturated carbocycles. The molecule has 0 saturated heterocycles. The van der Waals surface area contributed by atoms with Crippen LogP contribution in [0.15, 0.2) is 0 Å². The second kappa shape index (κ2) is 1.28. The van der Waals surface area contributed by atoms with Crippen LogP contribution in [-0.4, -0.2) is 18.2 Å².